The minimum absolute atomic E-state index is 0.257. The number of nitrogens with zero attached hydrogens (tertiary/aromatic N) is 4. The van der Waals surface area contributed by atoms with Crippen LogP contribution in [0.15, 0.2) is 35.1 Å². The first-order chi connectivity index (χ1) is 13.0. The lowest BCUT2D eigenvalue weighted by molar-refractivity contribution is 0.0343. The number of benzene rings is 1. The molecule has 0 fully saturated rings. The van der Waals surface area contributed by atoms with Gasteiger partial charge >= 0.3 is 5.97 Å². The van der Waals surface area contributed by atoms with Gasteiger partial charge in [-0.2, -0.15) is 4.68 Å². The Morgan fingerprint density at radius 3 is 2.89 bits per heavy atom. The van der Waals surface area contributed by atoms with Crippen molar-refractivity contribution in [3.8, 4) is 0 Å². The van der Waals surface area contributed by atoms with Gasteiger partial charge in [-0.1, -0.05) is 17.3 Å². The van der Waals surface area contributed by atoms with Gasteiger partial charge in [0.25, 0.3) is 5.56 Å². The number of pyridine rings is 1. The highest BCUT2D eigenvalue weighted by Crippen LogP contribution is 2.35. The summed E-state index contributed by atoms with van der Waals surface area (Å²) in [6, 6.07) is 8.74. The van der Waals surface area contributed by atoms with Crippen molar-refractivity contribution in [1.29, 1.82) is 0 Å². The lowest BCUT2D eigenvalue weighted by atomic mass is 10.1. The molecule has 3 aromatic heterocycles. The fourth-order valence-electron chi connectivity index (χ4n) is 2.91. The van der Waals surface area contributed by atoms with Crippen molar-refractivity contribution in [2.75, 3.05) is 5.73 Å². The van der Waals surface area contributed by atoms with Crippen LogP contribution in [-0.2, 0) is 11.5 Å². The van der Waals surface area contributed by atoms with Gasteiger partial charge < -0.3 is 10.5 Å². The maximum absolute atomic E-state index is 12.5. The van der Waals surface area contributed by atoms with Crippen molar-refractivity contribution < 1.29 is 9.53 Å². The van der Waals surface area contributed by atoms with Crippen LogP contribution < -0.4 is 11.3 Å². The number of rotatable bonds is 3. The minimum Gasteiger partial charge on any atom is -0.438 e. The van der Waals surface area contributed by atoms with Gasteiger partial charge in [-0.25, -0.2) is 9.78 Å². The Kier molecular flexibility index (Phi) is 4.08. The molecule has 0 amide bonds. The van der Waals surface area contributed by atoms with E-state index in [1.807, 2.05) is 19.9 Å². The Morgan fingerprint density at radius 2 is 2.07 bits per heavy atom. The molecule has 27 heavy (non-hydrogen) atoms. The molecule has 0 unspecified atom stereocenters. The monoisotopic (exact) mass is 381 g/mol. The predicted octanol–water partition coefficient (Wildman–Crippen LogP) is 2.41. The van der Waals surface area contributed by atoms with Crippen LogP contribution >= 0.6 is 11.3 Å². The van der Waals surface area contributed by atoms with E-state index in [9.17, 15) is 9.59 Å². The van der Waals surface area contributed by atoms with E-state index >= 15 is 0 Å². The second-order valence-electron chi connectivity index (χ2n) is 6.08. The largest absolute Gasteiger partial charge is 0.438 e. The zero-order valence-corrected chi connectivity index (χ0v) is 15.4. The average molecular weight is 381 g/mol. The minimum atomic E-state index is -0.630. The number of aryl methyl sites for hydroxylation is 2. The van der Waals surface area contributed by atoms with Crippen LogP contribution in [0.2, 0.25) is 0 Å². The summed E-state index contributed by atoms with van der Waals surface area (Å²) in [4.78, 5) is 30.3. The molecule has 136 valence electrons. The van der Waals surface area contributed by atoms with Gasteiger partial charge in [-0.3, -0.25) is 4.79 Å². The van der Waals surface area contributed by atoms with E-state index in [0.717, 1.165) is 21.3 Å². The Bertz CT molecular complexity index is 1260. The van der Waals surface area contributed by atoms with Crippen molar-refractivity contribution in [3.05, 3.63) is 56.8 Å². The van der Waals surface area contributed by atoms with Crippen LogP contribution in [0.3, 0.4) is 0 Å². The molecular formula is C18H15N5O3S. The van der Waals surface area contributed by atoms with E-state index in [1.165, 1.54) is 11.3 Å². The first kappa shape index (κ1) is 17.1. The van der Waals surface area contributed by atoms with Crippen LogP contribution in [0.5, 0.6) is 0 Å². The lowest BCUT2D eigenvalue weighted by Crippen LogP contribution is -2.26. The van der Waals surface area contributed by atoms with Gasteiger partial charge in [0, 0.05) is 11.1 Å². The van der Waals surface area contributed by atoms with Crippen LogP contribution in [0.25, 0.3) is 21.1 Å². The zero-order chi connectivity index (χ0) is 19.1. The third-order valence-corrected chi connectivity index (χ3v) is 5.24. The normalized spacial score (nSPS) is 11.2. The first-order valence-electron chi connectivity index (χ1n) is 8.11. The second kappa shape index (κ2) is 6.44. The summed E-state index contributed by atoms with van der Waals surface area (Å²) >= 11 is 1.17. The molecule has 9 heteroatoms. The zero-order valence-electron chi connectivity index (χ0n) is 14.6. The smallest absolute Gasteiger partial charge is 0.352 e. The molecule has 0 spiro atoms. The summed E-state index contributed by atoms with van der Waals surface area (Å²) in [5.74, 6) is -0.630. The van der Waals surface area contributed by atoms with E-state index in [0.29, 0.717) is 21.4 Å². The Hall–Kier alpha value is -3.33. The number of hydrogen-bond donors (Lipinski definition) is 1. The molecule has 0 aliphatic rings. The molecule has 3 heterocycles. The van der Waals surface area contributed by atoms with Crippen LogP contribution in [0, 0.1) is 13.8 Å². The molecule has 0 aliphatic heterocycles. The highest BCUT2D eigenvalue weighted by molar-refractivity contribution is 7.21. The number of ether oxygens (including phenoxy) is 1. The van der Waals surface area contributed by atoms with Crippen LogP contribution in [0.1, 0.15) is 20.9 Å². The number of fused-ring (bicyclic) bond motifs is 2. The van der Waals surface area contributed by atoms with Gasteiger partial charge in [0.05, 0.1) is 11.1 Å². The highest BCUT2D eigenvalue weighted by Gasteiger charge is 2.20. The summed E-state index contributed by atoms with van der Waals surface area (Å²) in [7, 11) is 0. The van der Waals surface area contributed by atoms with E-state index < -0.39 is 5.97 Å². The fourth-order valence-corrected chi connectivity index (χ4v) is 4.02. The average Bonchev–Trinajstić information content (AvgIpc) is 2.98. The molecule has 4 rings (SSSR count). The number of hydrogen-bond acceptors (Lipinski definition) is 8. The number of carbonyl (C=O) groups excluding carboxylic acids is 1. The quantitative estimate of drug-likeness (QED) is 0.542. The topological polar surface area (TPSA) is 113 Å². The maximum Gasteiger partial charge on any atom is 0.352 e. The molecule has 4 aromatic rings. The number of esters is 1. The maximum atomic E-state index is 12.5. The van der Waals surface area contributed by atoms with Gasteiger partial charge in [0.15, 0.2) is 6.73 Å². The van der Waals surface area contributed by atoms with Gasteiger partial charge in [0.2, 0.25) is 0 Å². The van der Waals surface area contributed by atoms with Crippen LogP contribution in [0.4, 0.5) is 5.69 Å². The van der Waals surface area contributed by atoms with E-state index in [-0.39, 0.29) is 17.2 Å². The molecule has 0 saturated heterocycles. The Morgan fingerprint density at radius 1 is 1.30 bits per heavy atom. The van der Waals surface area contributed by atoms with Crippen LogP contribution in [-0.4, -0.2) is 25.9 Å². The molecule has 2 N–H and O–H groups in total. The summed E-state index contributed by atoms with van der Waals surface area (Å²) in [6.07, 6.45) is 0. The summed E-state index contributed by atoms with van der Waals surface area (Å²) in [5.41, 5.74) is 8.36. The van der Waals surface area contributed by atoms with Gasteiger partial charge in [-0.15, -0.1) is 16.4 Å². The summed E-state index contributed by atoms with van der Waals surface area (Å²) in [6.45, 7) is 3.44. The van der Waals surface area contributed by atoms with Crippen molar-refractivity contribution in [2.24, 2.45) is 0 Å². The molecular weight excluding hydrogens is 366 g/mol. The summed E-state index contributed by atoms with van der Waals surface area (Å²) < 4.78 is 6.25. The molecule has 0 radical (unpaired) electrons. The van der Waals surface area contributed by atoms with E-state index in [4.69, 9.17) is 10.5 Å². The van der Waals surface area contributed by atoms with Crippen molar-refractivity contribution in [3.63, 3.8) is 0 Å². The van der Waals surface area contributed by atoms with E-state index in [1.54, 1.807) is 24.3 Å². The van der Waals surface area contributed by atoms with E-state index in [2.05, 4.69) is 15.3 Å². The molecule has 0 bridgehead atoms. The highest BCUT2D eigenvalue weighted by atomic mass is 32.1. The molecule has 0 saturated carbocycles. The third kappa shape index (κ3) is 2.91. The molecule has 0 atom stereocenters. The Balaban J connectivity index is 1.63. The number of anilines is 1. The number of carbonyl (C=O) groups is 1. The number of nitrogens with two attached hydrogens (primary N) is 1. The van der Waals surface area contributed by atoms with Crippen molar-refractivity contribution in [1.82, 2.24) is 20.0 Å². The van der Waals surface area contributed by atoms with Crippen molar-refractivity contribution >= 4 is 44.1 Å². The second-order valence-corrected chi connectivity index (χ2v) is 7.08. The Labute approximate surface area is 157 Å². The number of nitrogen functional groups attached to an aromatic ring is 1. The third-order valence-electron chi connectivity index (χ3n) is 4.16. The fraction of sp³-hybridized carbons (Fsp3) is 0.167. The lowest BCUT2D eigenvalue weighted by Gasteiger charge is -2.06. The van der Waals surface area contributed by atoms with Crippen molar-refractivity contribution in [2.45, 2.75) is 20.6 Å². The molecule has 1 aromatic carbocycles. The van der Waals surface area contributed by atoms with Gasteiger partial charge in [-0.05, 0) is 37.6 Å². The predicted molar refractivity (Wildman–Crippen MR) is 103 cm³/mol. The SMILES string of the molecule is Cc1cc(C)c2c(N)c(C(=O)OCn3nnc4ccccc4c3=O)sc2n1. The molecule has 8 nitrogen and oxygen atoms in total. The first-order valence-corrected chi connectivity index (χ1v) is 8.93. The molecule has 0 aliphatic carbocycles. The van der Waals surface area contributed by atoms with Gasteiger partial charge in [0.1, 0.15) is 15.2 Å². The number of aromatic nitrogens is 4. The summed E-state index contributed by atoms with van der Waals surface area (Å²) in [5, 5.41) is 8.91. The number of thiophene rings is 1. The standard InChI is InChI=1S/C18H15N5O3S/c1-9-7-10(2)20-16-13(9)14(19)15(27-16)18(25)26-8-23-17(24)11-5-3-4-6-12(11)21-22-23/h3-7H,8,19H2,1-2H3.